The molecule has 2 atom stereocenters. The van der Waals surface area contributed by atoms with Gasteiger partial charge in [-0.3, -0.25) is 0 Å². The van der Waals surface area contributed by atoms with Crippen LogP contribution >= 0.6 is 0 Å². The van der Waals surface area contributed by atoms with E-state index in [1.54, 1.807) is 13.8 Å². The van der Waals surface area contributed by atoms with E-state index in [0.29, 0.717) is 18.1 Å². The maximum atomic E-state index is 13.0. The van der Waals surface area contributed by atoms with Crippen molar-refractivity contribution < 1.29 is 17.7 Å². The molecule has 1 aliphatic heterocycles. The molecule has 2 aromatic rings. The Kier molecular flexibility index (Phi) is 4.27. The molecule has 1 saturated heterocycles. The zero-order chi connectivity index (χ0) is 16.6. The van der Waals surface area contributed by atoms with Crippen LogP contribution in [0.5, 0.6) is 0 Å². The number of hydrogen-bond acceptors (Lipinski definition) is 5. The first-order chi connectivity index (χ1) is 10.9. The fraction of sp³-hybridized carbons (Fsp3) is 0.438. The molecule has 1 aromatic carbocycles. The molecule has 0 bridgehead atoms. The zero-order valence-corrected chi connectivity index (χ0v) is 14.2. The lowest BCUT2D eigenvalue weighted by Gasteiger charge is -2.37. The molecule has 1 aliphatic rings. The van der Waals surface area contributed by atoms with Crippen LogP contribution in [0, 0.1) is 13.8 Å². The maximum Gasteiger partial charge on any atom is 0.248 e. The molecule has 2 heterocycles. The number of nitrogens with zero attached hydrogens (tertiary/aromatic N) is 2. The van der Waals surface area contributed by atoms with Crippen LogP contribution in [-0.2, 0) is 14.8 Å². The standard InChI is InChI=1S/C16H20N2O4S/c1-11-10-21-15(14-7-5-4-6-8-14)9-18(11)23(19,20)16-12(2)17-22-13(16)3/h4-8,11,15H,9-10H2,1-3H3. The summed E-state index contributed by atoms with van der Waals surface area (Å²) in [6, 6.07) is 9.41. The van der Waals surface area contributed by atoms with Crippen molar-refractivity contribution in [3.8, 4) is 0 Å². The number of ether oxygens (including phenoxy) is 1. The van der Waals surface area contributed by atoms with Crippen LogP contribution in [0.15, 0.2) is 39.8 Å². The summed E-state index contributed by atoms with van der Waals surface area (Å²) in [5.41, 5.74) is 1.36. The highest BCUT2D eigenvalue weighted by molar-refractivity contribution is 7.89. The maximum absolute atomic E-state index is 13.0. The number of morpholine rings is 1. The summed E-state index contributed by atoms with van der Waals surface area (Å²) in [5, 5.41) is 3.77. The van der Waals surface area contributed by atoms with E-state index in [9.17, 15) is 8.42 Å². The van der Waals surface area contributed by atoms with Crippen LogP contribution in [0.25, 0.3) is 0 Å². The second kappa shape index (κ2) is 6.07. The lowest BCUT2D eigenvalue weighted by Crippen LogP contribution is -2.48. The van der Waals surface area contributed by atoms with Crippen molar-refractivity contribution in [1.29, 1.82) is 0 Å². The minimum absolute atomic E-state index is 0.165. The molecule has 124 valence electrons. The Morgan fingerprint density at radius 1 is 1.22 bits per heavy atom. The van der Waals surface area contributed by atoms with Gasteiger partial charge >= 0.3 is 0 Å². The van der Waals surface area contributed by atoms with Gasteiger partial charge in [0.25, 0.3) is 0 Å². The van der Waals surface area contributed by atoms with Gasteiger partial charge < -0.3 is 9.26 Å². The van der Waals surface area contributed by atoms with Crippen molar-refractivity contribution in [3.63, 3.8) is 0 Å². The summed E-state index contributed by atoms with van der Waals surface area (Å²) in [7, 11) is -3.67. The van der Waals surface area contributed by atoms with E-state index < -0.39 is 10.0 Å². The van der Waals surface area contributed by atoms with Gasteiger partial charge in [0.2, 0.25) is 10.0 Å². The normalized spacial score (nSPS) is 23.1. The second-order valence-corrected chi connectivity index (χ2v) is 7.64. The van der Waals surface area contributed by atoms with Gasteiger partial charge in [-0.1, -0.05) is 35.5 Å². The van der Waals surface area contributed by atoms with Gasteiger partial charge in [-0.05, 0) is 26.3 Å². The SMILES string of the molecule is Cc1noc(C)c1S(=O)(=O)N1CC(c2ccccc2)OCC1C. The Balaban J connectivity index is 1.94. The van der Waals surface area contributed by atoms with Crippen LogP contribution in [0.2, 0.25) is 0 Å². The van der Waals surface area contributed by atoms with Gasteiger partial charge in [0, 0.05) is 12.6 Å². The molecule has 0 amide bonds. The van der Waals surface area contributed by atoms with Gasteiger partial charge in [0.05, 0.1) is 12.7 Å². The average molecular weight is 336 g/mol. The zero-order valence-electron chi connectivity index (χ0n) is 13.4. The highest BCUT2D eigenvalue weighted by Gasteiger charge is 2.38. The lowest BCUT2D eigenvalue weighted by atomic mass is 10.1. The van der Waals surface area contributed by atoms with E-state index >= 15 is 0 Å². The van der Waals surface area contributed by atoms with Crippen molar-refractivity contribution in [3.05, 3.63) is 47.3 Å². The monoisotopic (exact) mass is 336 g/mol. The summed E-state index contributed by atoms with van der Waals surface area (Å²) in [6.45, 7) is 5.73. The van der Waals surface area contributed by atoms with E-state index in [0.717, 1.165) is 5.56 Å². The number of rotatable bonds is 3. The lowest BCUT2D eigenvalue weighted by molar-refractivity contribution is -0.0288. The largest absolute Gasteiger partial charge is 0.370 e. The summed E-state index contributed by atoms with van der Waals surface area (Å²) >= 11 is 0. The molecule has 6 nitrogen and oxygen atoms in total. The van der Waals surface area contributed by atoms with E-state index in [1.807, 2.05) is 37.3 Å². The minimum atomic E-state index is -3.67. The molecule has 3 rings (SSSR count). The molecular formula is C16H20N2O4S. The molecule has 0 N–H and O–H groups in total. The fourth-order valence-corrected chi connectivity index (χ4v) is 4.81. The highest BCUT2D eigenvalue weighted by Crippen LogP contribution is 2.31. The second-order valence-electron chi connectivity index (χ2n) is 5.81. The van der Waals surface area contributed by atoms with E-state index in [4.69, 9.17) is 9.26 Å². The van der Waals surface area contributed by atoms with Gasteiger partial charge in [-0.25, -0.2) is 8.42 Å². The van der Waals surface area contributed by atoms with Crippen molar-refractivity contribution in [2.24, 2.45) is 0 Å². The minimum Gasteiger partial charge on any atom is -0.370 e. The van der Waals surface area contributed by atoms with Crippen molar-refractivity contribution in [2.75, 3.05) is 13.2 Å². The smallest absolute Gasteiger partial charge is 0.248 e. The molecule has 0 saturated carbocycles. The third-order valence-corrected chi connectivity index (χ3v) is 6.31. The number of aromatic nitrogens is 1. The van der Waals surface area contributed by atoms with Crippen LogP contribution in [0.1, 0.15) is 30.0 Å². The first-order valence-electron chi connectivity index (χ1n) is 7.52. The Morgan fingerprint density at radius 2 is 1.91 bits per heavy atom. The fourth-order valence-electron chi connectivity index (χ4n) is 2.90. The molecule has 23 heavy (non-hydrogen) atoms. The van der Waals surface area contributed by atoms with E-state index in [1.165, 1.54) is 4.31 Å². The summed E-state index contributed by atoms with van der Waals surface area (Å²) < 4.78 is 38.4. The predicted molar refractivity (Wildman–Crippen MR) is 84.5 cm³/mol. The third kappa shape index (κ3) is 2.91. The first kappa shape index (κ1) is 16.2. The quantitative estimate of drug-likeness (QED) is 0.861. The van der Waals surface area contributed by atoms with E-state index in [2.05, 4.69) is 5.16 Å². The number of benzene rings is 1. The van der Waals surface area contributed by atoms with Gasteiger partial charge in [0.15, 0.2) is 5.76 Å². The molecule has 1 aromatic heterocycles. The molecule has 7 heteroatoms. The predicted octanol–water partition coefficient (Wildman–Crippen LogP) is 2.44. The van der Waals surface area contributed by atoms with Gasteiger partial charge in [0.1, 0.15) is 10.6 Å². The van der Waals surface area contributed by atoms with Crippen LogP contribution in [0.4, 0.5) is 0 Å². The Labute approximate surface area is 136 Å². The Bertz CT molecular complexity index is 766. The molecule has 0 radical (unpaired) electrons. The molecule has 0 aliphatic carbocycles. The third-order valence-electron chi connectivity index (χ3n) is 4.08. The highest BCUT2D eigenvalue weighted by atomic mass is 32.2. The van der Waals surface area contributed by atoms with Crippen molar-refractivity contribution in [2.45, 2.75) is 37.8 Å². The molecular weight excluding hydrogens is 316 g/mol. The average Bonchev–Trinajstić information content (AvgIpc) is 2.88. The van der Waals surface area contributed by atoms with E-state index in [-0.39, 0.29) is 23.6 Å². The molecule has 0 spiro atoms. The number of aryl methyl sites for hydroxylation is 2. The Hall–Kier alpha value is -1.70. The first-order valence-corrected chi connectivity index (χ1v) is 8.96. The number of sulfonamides is 1. The van der Waals surface area contributed by atoms with Crippen LogP contribution < -0.4 is 0 Å². The number of hydrogen-bond donors (Lipinski definition) is 0. The Morgan fingerprint density at radius 3 is 2.52 bits per heavy atom. The summed E-state index contributed by atoms with van der Waals surface area (Å²) in [4.78, 5) is 0.165. The topological polar surface area (TPSA) is 72.6 Å². The van der Waals surface area contributed by atoms with Crippen molar-refractivity contribution in [1.82, 2.24) is 9.46 Å². The van der Waals surface area contributed by atoms with Gasteiger partial charge in [-0.15, -0.1) is 0 Å². The summed E-state index contributed by atoms with van der Waals surface area (Å²) in [6.07, 6.45) is -0.275. The van der Waals surface area contributed by atoms with Crippen molar-refractivity contribution >= 4 is 10.0 Å². The molecule has 1 fully saturated rings. The molecule has 2 unspecified atom stereocenters. The van der Waals surface area contributed by atoms with Crippen LogP contribution in [0.3, 0.4) is 0 Å². The van der Waals surface area contributed by atoms with Gasteiger partial charge in [-0.2, -0.15) is 4.31 Å². The summed E-state index contributed by atoms with van der Waals surface area (Å²) in [5.74, 6) is 0.317. The van der Waals surface area contributed by atoms with Crippen LogP contribution in [-0.4, -0.2) is 37.1 Å².